The molecule has 2 aliphatic heterocycles. The second-order valence-electron chi connectivity index (χ2n) is 8.69. The summed E-state index contributed by atoms with van der Waals surface area (Å²) in [5.41, 5.74) is 7.99. The van der Waals surface area contributed by atoms with Crippen LogP contribution in [0, 0.1) is 5.92 Å². The van der Waals surface area contributed by atoms with Gasteiger partial charge < -0.3 is 20.9 Å². The highest BCUT2D eigenvalue weighted by Crippen LogP contribution is 2.19. The van der Waals surface area contributed by atoms with Crippen LogP contribution in [0.2, 0.25) is 0 Å². The summed E-state index contributed by atoms with van der Waals surface area (Å²) < 4.78 is 0. The molecule has 1 amide bonds. The predicted octanol–water partition coefficient (Wildman–Crippen LogP) is 2.10. The third kappa shape index (κ3) is 8.57. The molecule has 0 radical (unpaired) electrons. The van der Waals surface area contributed by atoms with E-state index in [-0.39, 0.29) is 29.9 Å². The van der Waals surface area contributed by atoms with E-state index < -0.39 is 0 Å². The Morgan fingerprint density at radius 2 is 1.81 bits per heavy atom. The van der Waals surface area contributed by atoms with E-state index in [1.165, 1.54) is 11.1 Å². The molecule has 1 atom stereocenters. The second kappa shape index (κ2) is 13.2. The zero-order valence-electron chi connectivity index (χ0n) is 19.1. The smallest absolute Gasteiger partial charge is 0.217 e. The number of aliphatic imine (C=N–C) groups is 1. The van der Waals surface area contributed by atoms with Gasteiger partial charge in [-0.3, -0.25) is 9.69 Å². The van der Waals surface area contributed by atoms with Gasteiger partial charge in [-0.05, 0) is 43.9 Å². The van der Waals surface area contributed by atoms with E-state index in [0.29, 0.717) is 18.9 Å². The standard InChI is InChI=1S/C23H38N6O.HI/c1-3-25-23(29-10-4-5-21(18-29)15-22(24)30)26-16-19-6-8-20(9-7-19)17-28-13-11-27(2)12-14-28;/h6-9,21H,3-5,10-18H2,1-2H3,(H2,24,30)(H,25,26);1H. The number of likely N-dealkylation sites (tertiary alicyclic amines) is 1. The molecule has 0 bridgehead atoms. The first-order valence-corrected chi connectivity index (χ1v) is 11.3. The maximum Gasteiger partial charge on any atom is 0.217 e. The molecule has 1 aromatic rings. The summed E-state index contributed by atoms with van der Waals surface area (Å²) >= 11 is 0. The minimum atomic E-state index is -0.208. The number of nitrogens with zero attached hydrogens (tertiary/aromatic N) is 4. The summed E-state index contributed by atoms with van der Waals surface area (Å²) in [7, 11) is 2.19. The molecule has 2 saturated heterocycles. The number of amides is 1. The van der Waals surface area contributed by atoms with Crippen molar-refractivity contribution in [3.8, 4) is 0 Å². The maximum atomic E-state index is 11.3. The van der Waals surface area contributed by atoms with E-state index in [1.54, 1.807) is 0 Å². The molecular formula is C23H39IN6O. The van der Waals surface area contributed by atoms with Crippen LogP contribution in [-0.2, 0) is 17.9 Å². The lowest BCUT2D eigenvalue weighted by atomic mass is 9.95. The van der Waals surface area contributed by atoms with E-state index >= 15 is 0 Å². The zero-order chi connectivity index (χ0) is 21.3. The van der Waals surface area contributed by atoms with E-state index in [1.807, 2.05) is 0 Å². The number of nitrogens with one attached hydrogen (secondary N) is 1. The number of benzene rings is 1. The average molecular weight is 543 g/mol. The van der Waals surface area contributed by atoms with Crippen LogP contribution in [0.4, 0.5) is 0 Å². The molecular weight excluding hydrogens is 503 g/mol. The normalized spacial score (nSPS) is 20.9. The Kier molecular flexibility index (Phi) is 11.0. The van der Waals surface area contributed by atoms with Crippen molar-refractivity contribution in [1.29, 1.82) is 0 Å². The quantitative estimate of drug-likeness (QED) is 0.314. The van der Waals surface area contributed by atoms with E-state index in [9.17, 15) is 4.79 Å². The highest BCUT2D eigenvalue weighted by Gasteiger charge is 2.23. The summed E-state index contributed by atoms with van der Waals surface area (Å²) in [5, 5.41) is 3.41. The molecule has 1 aromatic carbocycles. The minimum absolute atomic E-state index is 0. The predicted molar refractivity (Wildman–Crippen MR) is 138 cm³/mol. The maximum absolute atomic E-state index is 11.3. The van der Waals surface area contributed by atoms with Gasteiger partial charge in [0.2, 0.25) is 5.91 Å². The molecule has 3 rings (SSSR count). The van der Waals surface area contributed by atoms with Gasteiger partial charge in [0.25, 0.3) is 0 Å². The lowest BCUT2D eigenvalue weighted by Gasteiger charge is -2.34. The monoisotopic (exact) mass is 542 g/mol. The van der Waals surface area contributed by atoms with Gasteiger partial charge in [0.15, 0.2) is 5.96 Å². The van der Waals surface area contributed by atoms with Crippen molar-refractivity contribution in [2.75, 3.05) is 52.9 Å². The first-order chi connectivity index (χ1) is 14.5. The van der Waals surface area contributed by atoms with Crippen molar-refractivity contribution in [2.24, 2.45) is 16.6 Å². The molecule has 1 unspecified atom stereocenters. The summed E-state index contributed by atoms with van der Waals surface area (Å²) in [6.45, 7) is 11.0. The average Bonchev–Trinajstić information content (AvgIpc) is 2.73. The fraction of sp³-hybridized carbons (Fsp3) is 0.652. The number of nitrogens with two attached hydrogens (primary N) is 1. The third-order valence-electron chi connectivity index (χ3n) is 6.08. The van der Waals surface area contributed by atoms with Crippen molar-refractivity contribution >= 4 is 35.8 Å². The highest BCUT2D eigenvalue weighted by atomic mass is 127. The van der Waals surface area contributed by atoms with Gasteiger partial charge in [0.1, 0.15) is 0 Å². The molecule has 174 valence electrons. The van der Waals surface area contributed by atoms with E-state index in [0.717, 1.165) is 71.2 Å². The lowest BCUT2D eigenvalue weighted by molar-refractivity contribution is -0.119. The van der Waals surface area contributed by atoms with Crippen molar-refractivity contribution in [3.05, 3.63) is 35.4 Å². The molecule has 0 saturated carbocycles. The summed E-state index contributed by atoms with van der Waals surface area (Å²) in [6.07, 6.45) is 2.60. The molecule has 2 fully saturated rings. The van der Waals surface area contributed by atoms with Gasteiger partial charge in [0, 0.05) is 58.8 Å². The van der Waals surface area contributed by atoms with Crippen LogP contribution in [-0.4, -0.2) is 79.4 Å². The fourth-order valence-corrected chi connectivity index (χ4v) is 4.31. The number of piperazine rings is 1. The first-order valence-electron chi connectivity index (χ1n) is 11.3. The van der Waals surface area contributed by atoms with Crippen LogP contribution in [0.5, 0.6) is 0 Å². The number of hydrogen-bond acceptors (Lipinski definition) is 4. The van der Waals surface area contributed by atoms with Gasteiger partial charge in [-0.15, -0.1) is 24.0 Å². The molecule has 31 heavy (non-hydrogen) atoms. The number of hydrogen-bond donors (Lipinski definition) is 2. The molecule has 0 aliphatic carbocycles. The zero-order valence-corrected chi connectivity index (χ0v) is 21.4. The Balaban J connectivity index is 0.00000341. The van der Waals surface area contributed by atoms with Crippen LogP contribution >= 0.6 is 24.0 Å². The Morgan fingerprint density at radius 3 is 2.45 bits per heavy atom. The van der Waals surface area contributed by atoms with Gasteiger partial charge in [0.05, 0.1) is 6.54 Å². The molecule has 2 aliphatic rings. The molecule has 0 aromatic heterocycles. The number of guanidine groups is 1. The summed E-state index contributed by atoms with van der Waals surface area (Å²) in [5.74, 6) is 1.06. The third-order valence-corrected chi connectivity index (χ3v) is 6.08. The Morgan fingerprint density at radius 1 is 1.13 bits per heavy atom. The SMILES string of the molecule is CCNC(=NCc1ccc(CN2CCN(C)CC2)cc1)N1CCCC(CC(N)=O)C1.I. The van der Waals surface area contributed by atoms with Gasteiger partial charge in [-0.25, -0.2) is 4.99 Å². The van der Waals surface area contributed by atoms with Crippen molar-refractivity contribution < 1.29 is 4.79 Å². The summed E-state index contributed by atoms with van der Waals surface area (Å²) in [6, 6.07) is 8.87. The Labute approximate surface area is 204 Å². The number of primary amides is 1. The lowest BCUT2D eigenvalue weighted by Crippen LogP contribution is -2.47. The molecule has 3 N–H and O–H groups in total. The first kappa shape index (κ1) is 25.9. The van der Waals surface area contributed by atoms with Crippen molar-refractivity contribution in [2.45, 2.75) is 39.3 Å². The molecule has 2 heterocycles. The highest BCUT2D eigenvalue weighted by molar-refractivity contribution is 14.0. The van der Waals surface area contributed by atoms with Crippen molar-refractivity contribution in [3.63, 3.8) is 0 Å². The van der Waals surface area contributed by atoms with Gasteiger partial charge >= 0.3 is 0 Å². The number of likely N-dealkylation sites (N-methyl/N-ethyl adjacent to an activating group) is 1. The van der Waals surface area contributed by atoms with Crippen LogP contribution in [0.1, 0.15) is 37.3 Å². The molecule has 0 spiro atoms. The largest absolute Gasteiger partial charge is 0.370 e. The number of rotatable bonds is 7. The second-order valence-corrected chi connectivity index (χ2v) is 8.69. The Hall–Kier alpha value is -1.39. The van der Waals surface area contributed by atoms with Gasteiger partial charge in [-0.1, -0.05) is 24.3 Å². The minimum Gasteiger partial charge on any atom is -0.370 e. The Bertz CT molecular complexity index is 703. The molecule has 8 heteroatoms. The molecule has 7 nitrogen and oxygen atoms in total. The van der Waals surface area contributed by atoms with Gasteiger partial charge in [-0.2, -0.15) is 0 Å². The number of halogens is 1. The van der Waals surface area contributed by atoms with E-state index in [4.69, 9.17) is 10.7 Å². The van der Waals surface area contributed by atoms with Crippen molar-refractivity contribution in [1.82, 2.24) is 20.0 Å². The number of carbonyl (C=O) groups excluding carboxylic acids is 1. The topological polar surface area (TPSA) is 77.2 Å². The van der Waals surface area contributed by atoms with Crippen LogP contribution < -0.4 is 11.1 Å². The number of piperidine rings is 1. The fourth-order valence-electron chi connectivity index (χ4n) is 4.31. The van der Waals surface area contributed by atoms with E-state index in [2.05, 4.69) is 58.3 Å². The summed E-state index contributed by atoms with van der Waals surface area (Å²) in [4.78, 5) is 23.4. The van der Waals surface area contributed by atoms with Crippen LogP contribution in [0.25, 0.3) is 0 Å². The van der Waals surface area contributed by atoms with Crippen LogP contribution in [0.15, 0.2) is 29.3 Å². The number of carbonyl (C=O) groups is 1. The van der Waals surface area contributed by atoms with Crippen LogP contribution in [0.3, 0.4) is 0 Å².